The summed E-state index contributed by atoms with van der Waals surface area (Å²) in [6, 6.07) is 5.09. The number of hydrogen-bond acceptors (Lipinski definition) is 2. The number of amides is 1. The first-order valence-corrected chi connectivity index (χ1v) is 5.30. The van der Waals surface area contributed by atoms with Crippen LogP contribution in [-0.4, -0.2) is 12.0 Å². The van der Waals surface area contributed by atoms with Crippen molar-refractivity contribution in [3.8, 4) is 5.75 Å². The van der Waals surface area contributed by atoms with E-state index in [-0.39, 0.29) is 12.0 Å². The fourth-order valence-corrected chi connectivity index (χ4v) is 1.35. The Labute approximate surface area is 100 Å². The lowest BCUT2D eigenvalue weighted by molar-refractivity contribution is -0.111. The van der Waals surface area contributed by atoms with Gasteiger partial charge in [-0.1, -0.05) is 18.2 Å². The Morgan fingerprint density at radius 2 is 2.25 bits per heavy atom. The number of carbonyl (C=O) groups excluding carboxylic acids is 1. The van der Waals surface area contributed by atoms with Crippen molar-refractivity contribution in [1.29, 1.82) is 0 Å². The summed E-state index contributed by atoms with van der Waals surface area (Å²) >= 11 is 6.00. The molecule has 16 heavy (non-hydrogen) atoms. The fraction of sp³-hybridized carbons (Fsp3) is 0.250. The highest BCUT2D eigenvalue weighted by Gasteiger charge is 2.05. The Morgan fingerprint density at radius 1 is 1.56 bits per heavy atom. The first kappa shape index (κ1) is 12.6. The van der Waals surface area contributed by atoms with Crippen LogP contribution in [0.4, 0.5) is 5.69 Å². The number of rotatable bonds is 4. The van der Waals surface area contributed by atoms with Crippen molar-refractivity contribution in [2.45, 2.75) is 20.0 Å². The van der Waals surface area contributed by atoms with E-state index in [0.29, 0.717) is 16.5 Å². The summed E-state index contributed by atoms with van der Waals surface area (Å²) in [7, 11) is 0. The van der Waals surface area contributed by atoms with E-state index in [1.54, 1.807) is 18.2 Å². The van der Waals surface area contributed by atoms with E-state index >= 15 is 0 Å². The van der Waals surface area contributed by atoms with Gasteiger partial charge in [-0.3, -0.25) is 4.79 Å². The molecule has 0 atom stereocenters. The van der Waals surface area contributed by atoms with E-state index in [2.05, 4.69) is 11.9 Å². The van der Waals surface area contributed by atoms with E-state index in [1.807, 2.05) is 13.8 Å². The average Bonchev–Trinajstić information content (AvgIpc) is 2.21. The molecule has 1 amide bonds. The monoisotopic (exact) mass is 239 g/mol. The number of benzene rings is 1. The molecular formula is C12H14ClNO2. The van der Waals surface area contributed by atoms with Gasteiger partial charge in [0.15, 0.2) is 0 Å². The summed E-state index contributed by atoms with van der Waals surface area (Å²) < 4.78 is 5.47. The highest BCUT2D eigenvalue weighted by Crippen LogP contribution is 2.28. The number of nitrogens with one attached hydrogen (secondary N) is 1. The van der Waals surface area contributed by atoms with Crippen molar-refractivity contribution in [2.75, 3.05) is 5.32 Å². The first-order valence-electron chi connectivity index (χ1n) is 4.92. The van der Waals surface area contributed by atoms with Crippen molar-refractivity contribution in [3.05, 3.63) is 35.9 Å². The van der Waals surface area contributed by atoms with Gasteiger partial charge < -0.3 is 10.1 Å². The molecule has 1 N–H and O–H groups in total. The molecule has 0 heterocycles. The molecule has 4 heteroatoms. The van der Waals surface area contributed by atoms with E-state index in [1.165, 1.54) is 6.08 Å². The zero-order chi connectivity index (χ0) is 12.1. The highest BCUT2D eigenvalue weighted by atomic mass is 35.5. The Bertz CT molecular complexity index is 402. The van der Waals surface area contributed by atoms with Crippen molar-refractivity contribution in [2.24, 2.45) is 0 Å². The predicted octanol–water partition coefficient (Wildman–Crippen LogP) is 3.25. The number of carbonyl (C=O) groups is 1. The van der Waals surface area contributed by atoms with Crippen molar-refractivity contribution in [1.82, 2.24) is 0 Å². The molecule has 0 unspecified atom stereocenters. The third-order valence-electron chi connectivity index (χ3n) is 1.75. The normalized spacial score (nSPS) is 10.0. The van der Waals surface area contributed by atoms with E-state index in [0.717, 1.165) is 0 Å². The highest BCUT2D eigenvalue weighted by molar-refractivity contribution is 6.32. The van der Waals surface area contributed by atoms with Crippen LogP contribution in [-0.2, 0) is 4.79 Å². The maximum atomic E-state index is 11.1. The van der Waals surface area contributed by atoms with Gasteiger partial charge in [0.25, 0.3) is 0 Å². The van der Waals surface area contributed by atoms with Crippen LogP contribution in [0.3, 0.4) is 0 Å². The van der Waals surface area contributed by atoms with Crippen molar-refractivity contribution < 1.29 is 9.53 Å². The Kier molecular flexibility index (Phi) is 4.38. The number of ether oxygens (including phenoxy) is 1. The Morgan fingerprint density at radius 3 is 2.75 bits per heavy atom. The van der Waals surface area contributed by atoms with Gasteiger partial charge in [-0.2, -0.15) is 0 Å². The van der Waals surface area contributed by atoms with Gasteiger partial charge >= 0.3 is 0 Å². The van der Waals surface area contributed by atoms with Crippen LogP contribution >= 0.6 is 11.6 Å². The van der Waals surface area contributed by atoms with Crippen molar-refractivity contribution in [3.63, 3.8) is 0 Å². The van der Waals surface area contributed by atoms with Crippen LogP contribution in [0, 0.1) is 0 Å². The smallest absolute Gasteiger partial charge is 0.247 e. The molecule has 0 radical (unpaired) electrons. The van der Waals surface area contributed by atoms with Crippen LogP contribution in [0.1, 0.15) is 13.8 Å². The van der Waals surface area contributed by atoms with Gasteiger partial charge in [0.05, 0.1) is 11.1 Å². The van der Waals surface area contributed by atoms with Gasteiger partial charge in [-0.25, -0.2) is 0 Å². The predicted molar refractivity (Wildman–Crippen MR) is 66.0 cm³/mol. The van der Waals surface area contributed by atoms with Crippen molar-refractivity contribution >= 4 is 23.2 Å². The molecule has 1 aromatic rings. The Balaban J connectivity index is 2.82. The molecule has 0 aliphatic rings. The average molecular weight is 240 g/mol. The molecule has 1 rings (SSSR count). The summed E-state index contributed by atoms with van der Waals surface area (Å²) in [4.78, 5) is 11.1. The molecule has 3 nitrogen and oxygen atoms in total. The number of anilines is 1. The molecular weight excluding hydrogens is 226 g/mol. The number of hydrogen-bond donors (Lipinski definition) is 1. The minimum atomic E-state index is -0.270. The molecule has 0 aliphatic heterocycles. The maximum absolute atomic E-state index is 11.1. The van der Waals surface area contributed by atoms with Gasteiger partial charge in [-0.05, 0) is 38.1 Å². The second-order valence-electron chi connectivity index (χ2n) is 3.51. The summed E-state index contributed by atoms with van der Waals surface area (Å²) in [6.45, 7) is 7.21. The fourth-order valence-electron chi connectivity index (χ4n) is 1.12. The second kappa shape index (κ2) is 5.56. The molecule has 0 aliphatic carbocycles. The lowest BCUT2D eigenvalue weighted by Gasteiger charge is -2.12. The SMILES string of the molecule is C=CC(=O)Nc1ccc(OC(C)C)c(Cl)c1. The molecule has 0 saturated carbocycles. The van der Waals surface area contributed by atoms with Gasteiger partial charge in [0.1, 0.15) is 5.75 Å². The minimum Gasteiger partial charge on any atom is -0.489 e. The van der Waals surface area contributed by atoms with E-state index < -0.39 is 0 Å². The lowest BCUT2D eigenvalue weighted by atomic mass is 10.3. The van der Waals surface area contributed by atoms with Crippen LogP contribution in [0.25, 0.3) is 0 Å². The van der Waals surface area contributed by atoms with Gasteiger partial charge in [0, 0.05) is 5.69 Å². The van der Waals surface area contributed by atoms with Crippen LogP contribution < -0.4 is 10.1 Å². The number of halogens is 1. The zero-order valence-electron chi connectivity index (χ0n) is 9.29. The van der Waals surface area contributed by atoms with Crippen LogP contribution in [0.5, 0.6) is 5.75 Å². The quantitative estimate of drug-likeness (QED) is 0.819. The second-order valence-corrected chi connectivity index (χ2v) is 3.91. The maximum Gasteiger partial charge on any atom is 0.247 e. The summed E-state index contributed by atoms with van der Waals surface area (Å²) in [5.74, 6) is 0.335. The van der Waals surface area contributed by atoms with E-state index in [9.17, 15) is 4.79 Å². The molecule has 86 valence electrons. The third-order valence-corrected chi connectivity index (χ3v) is 2.04. The largest absolute Gasteiger partial charge is 0.489 e. The minimum absolute atomic E-state index is 0.0612. The third kappa shape index (κ3) is 3.59. The van der Waals surface area contributed by atoms with E-state index in [4.69, 9.17) is 16.3 Å². The summed E-state index contributed by atoms with van der Waals surface area (Å²) in [6.07, 6.45) is 1.26. The summed E-state index contributed by atoms with van der Waals surface area (Å²) in [5.41, 5.74) is 0.617. The topological polar surface area (TPSA) is 38.3 Å². The lowest BCUT2D eigenvalue weighted by Crippen LogP contribution is -2.08. The Hall–Kier alpha value is -1.48. The molecule has 0 spiro atoms. The molecule has 0 saturated heterocycles. The van der Waals surface area contributed by atoms with Gasteiger partial charge in [0.2, 0.25) is 5.91 Å². The molecule has 0 bridgehead atoms. The van der Waals surface area contributed by atoms with Crippen LogP contribution in [0.15, 0.2) is 30.9 Å². The van der Waals surface area contributed by atoms with Crippen LogP contribution in [0.2, 0.25) is 5.02 Å². The standard InChI is InChI=1S/C12H14ClNO2/c1-4-12(15)14-9-5-6-11(10(13)7-9)16-8(2)3/h4-8H,1H2,2-3H3,(H,14,15). The zero-order valence-corrected chi connectivity index (χ0v) is 10.0. The molecule has 0 aromatic heterocycles. The molecule has 0 fully saturated rings. The first-order chi connectivity index (χ1) is 7.52. The molecule has 1 aromatic carbocycles. The summed E-state index contributed by atoms with van der Waals surface area (Å²) in [5, 5.41) is 3.08. The van der Waals surface area contributed by atoms with Gasteiger partial charge in [-0.15, -0.1) is 0 Å².